The molecule has 0 bridgehead atoms. The summed E-state index contributed by atoms with van der Waals surface area (Å²) in [6.07, 6.45) is 4.71. The van der Waals surface area contributed by atoms with Gasteiger partial charge in [0.1, 0.15) is 5.82 Å². The van der Waals surface area contributed by atoms with E-state index < -0.39 is 0 Å². The number of amides is 1. The number of ether oxygens (including phenoxy) is 1. The highest BCUT2D eigenvalue weighted by atomic mass is 16.5. The van der Waals surface area contributed by atoms with Crippen molar-refractivity contribution < 1.29 is 9.53 Å². The summed E-state index contributed by atoms with van der Waals surface area (Å²) in [7, 11) is 1.45. The van der Waals surface area contributed by atoms with E-state index >= 15 is 0 Å². The normalized spacial score (nSPS) is 20.0. The Labute approximate surface area is 195 Å². The minimum atomic E-state index is -0.296. The van der Waals surface area contributed by atoms with Crippen molar-refractivity contribution in [2.24, 2.45) is 5.92 Å². The predicted octanol–water partition coefficient (Wildman–Crippen LogP) is 5.10. The van der Waals surface area contributed by atoms with Crippen LogP contribution in [0, 0.1) is 5.92 Å². The number of aromatic nitrogens is 2. The van der Waals surface area contributed by atoms with Crippen molar-refractivity contribution in [3.63, 3.8) is 0 Å². The van der Waals surface area contributed by atoms with Gasteiger partial charge in [-0.2, -0.15) is 0 Å². The van der Waals surface area contributed by atoms with Gasteiger partial charge in [-0.3, -0.25) is 4.90 Å². The van der Waals surface area contributed by atoms with Gasteiger partial charge in [0.25, 0.3) is 0 Å². The summed E-state index contributed by atoms with van der Waals surface area (Å²) in [6.45, 7) is 6.60. The molecular formula is C27H34N4O2. The van der Waals surface area contributed by atoms with Crippen LogP contribution >= 0.6 is 0 Å². The van der Waals surface area contributed by atoms with E-state index in [4.69, 9.17) is 9.72 Å². The van der Waals surface area contributed by atoms with Crippen LogP contribution in [-0.4, -0.2) is 41.9 Å². The van der Waals surface area contributed by atoms with Gasteiger partial charge in [-0.05, 0) is 76.2 Å². The molecule has 6 heteroatoms. The Bertz CT molecular complexity index is 1130. The van der Waals surface area contributed by atoms with E-state index in [0.717, 1.165) is 49.4 Å². The summed E-state index contributed by atoms with van der Waals surface area (Å²) in [5.74, 6) is 1.74. The van der Waals surface area contributed by atoms with Gasteiger partial charge in [0.2, 0.25) is 0 Å². The van der Waals surface area contributed by atoms with Gasteiger partial charge in [-0.25, -0.2) is 9.78 Å². The number of anilines is 1. The Kier molecular flexibility index (Phi) is 6.11. The molecule has 1 unspecified atom stereocenters. The van der Waals surface area contributed by atoms with Crippen LogP contribution < -0.4 is 10.2 Å². The Balaban J connectivity index is 1.65. The number of nitrogens with zero attached hydrogens (tertiary/aromatic N) is 3. The van der Waals surface area contributed by atoms with E-state index in [1.807, 2.05) is 0 Å². The molecule has 0 saturated carbocycles. The number of carbonyl (C=O) groups is 1. The van der Waals surface area contributed by atoms with E-state index in [2.05, 4.69) is 66.2 Å². The van der Waals surface area contributed by atoms with Crippen molar-refractivity contribution in [2.45, 2.75) is 58.0 Å². The fraction of sp³-hybridized carbons (Fsp3) is 0.481. The van der Waals surface area contributed by atoms with Crippen molar-refractivity contribution in [3.05, 3.63) is 59.4 Å². The molecule has 1 fully saturated rings. The maximum absolute atomic E-state index is 12.6. The van der Waals surface area contributed by atoms with E-state index in [0.29, 0.717) is 12.0 Å². The highest BCUT2D eigenvalue weighted by Gasteiger charge is 2.32. The standard InChI is InChI=1S/C27H34N4O2/c1-18-9-10-22-23(30(18)27(32)33-3)11-12-24-26(22)29-25(17-20-7-5-4-6-8-20)31(24)19(2)21-13-15-28-16-14-21/h4-8,11-12,18-19,21,28H,9-10,13-17H2,1-3H3/t18-,19?/m0/s1. The predicted molar refractivity (Wildman–Crippen MR) is 132 cm³/mol. The monoisotopic (exact) mass is 446 g/mol. The molecule has 2 aromatic carbocycles. The molecule has 3 heterocycles. The largest absolute Gasteiger partial charge is 0.452 e. The number of carbonyl (C=O) groups excluding carboxylic acids is 1. The average Bonchev–Trinajstić information content (AvgIpc) is 3.22. The van der Waals surface area contributed by atoms with Gasteiger partial charge in [0.05, 0.1) is 23.8 Å². The van der Waals surface area contributed by atoms with E-state index in [-0.39, 0.29) is 12.1 Å². The molecule has 0 radical (unpaired) electrons. The summed E-state index contributed by atoms with van der Waals surface area (Å²) in [5, 5.41) is 3.50. The first-order valence-electron chi connectivity index (χ1n) is 12.2. The Hall–Kier alpha value is -2.86. The molecule has 1 amide bonds. The lowest BCUT2D eigenvalue weighted by atomic mass is 9.90. The smallest absolute Gasteiger partial charge is 0.414 e. The first-order valence-corrected chi connectivity index (χ1v) is 12.2. The molecule has 5 rings (SSSR count). The molecular weight excluding hydrogens is 412 g/mol. The van der Waals surface area contributed by atoms with E-state index in [1.54, 1.807) is 4.90 Å². The molecule has 3 aromatic rings. The quantitative estimate of drug-likeness (QED) is 0.606. The van der Waals surface area contributed by atoms with Crippen molar-refractivity contribution in [1.82, 2.24) is 14.9 Å². The van der Waals surface area contributed by atoms with E-state index in [9.17, 15) is 4.79 Å². The van der Waals surface area contributed by atoms with Gasteiger partial charge in [0, 0.05) is 24.1 Å². The summed E-state index contributed by atoms with van der Waals surface area (Å²) < 4.78 is 7.60. The molecule has 1 saturated heterocycles. The molecule has 2 aliphatic rings. The lowest BCUT2D eigenvalue weighted by molar-refractivity contribution is 0.175. The van der Waals surface area contributed by atoms with Gasteiger partial charge in [-0.1, -0.05) is 30.3 Å². The van der Waals surface area contributed by atoms with Crippen LogP contribution in [0.5, 0.6) is 0 Å². The SMILES string of the molecule is COC(=O)N1c2ccc3c(nc(Cc4ccccc4)n3C(C)C3CCNCC3)c2CC[C@@H]1C. The summed E-state index contributed by atoms with van der Waals surface area (Å²) >= 11 is 0. The van der Waals surface area contributed by atoms with Gasteiger partial charge in [-0.15, -0.1) is 0 Å². The molecule has 1 N–H and O–H groups in total. The van der Waals surface area contributed by atoms with Crippen molar-refractivity contribution in [3.8, 4) is 0 Å². The first-order chi connectivity index (χ1) is 16.1. The molecule has 0 aliphatic carbocycles. The zero-order valence-corrected chi connectivity index (χ0v) is 19.9. The second kappa shape index (κ2) is 9.18. The van der Waals surface area contributed by atoms with Gasteiger partial charge >= 0.3 is 6.09 Å². The van der Waals surface area contributed by atoms with Crippen LogP contribution in [0.15, 0.2) is 42.5 Å². The fourth-order valence-electron chi connectivity index (χ4n) is 5.72. The number of hydrogen-bond donors (Lipinski definition) is 1. The number of hydrogen-bond acceptors (Lipinski definition) is 4. The van der Waals surface area contributed by atoms with Crippen molar-refractivity contribution in [2.75, 3.05) is 25.1 Å². The number of fused-ring (bicyclic) bond motifs is 3. The molecule has 0 spiro atoms. The first kappa shape index (κ1) is 22.0. The van der Waals surface area contributed by atoms with Crippen LogP contribution in [-0.2, 0) is 17.6 Å². The fourth-order valence-corrected chi connectivity index (χ4v) is 5.72. The second-order valence-electron chi connectivity index (χ2n) is 9.55. The Morgan fingerprint density at radius 2 is 1.91 bits per heavy atom. The maximum Gasteiger partial charge on any atom is 0.414 e. The number of rotatable bonds is 4. The number of aryl methyl sites for hydroxylation is 1. The minimum Gasteiger partial charge on any atom is -0.452 e. The molecule has 2 atom stereocenters. The van der Waals surface area contributed by atoms with Gasteiger partial charge in [0.15, 0.2) is 0 Å². The Morgan fingerprint density at radius 3 is 2.64 bits per heavy atom. The third-order valence-electron chi connectivity index (χ3n) is 7.58. The topological polar surface area (TPSA) is 59.4 Å². The van der Waals surface area contributed by atoms with Crippen LogP contribution in [0.25, 0.3) is 11.0 Å². The Morgan fingerprint density at radius 1 is 1.15 bits per heavy atom. The number of nitrogens with one attached hydrogen (secondary N) is 1. The minimum absolute atomic E-state index is 0.113. The molecule has 174 valence electrons. The lowest BCUT2D eigenvalue weighted by Gasteiger charge is -2.34. The average molecular weight is 447 g/mol. The maximum atomic E-state index is 12.6. The highest BCUT2D eigenvalue weighted by molar-refractivity contribution is 5.95. The summed E-state index contributed by atoms with van der Waals surface area (Å²) in [5.41, 5.74) is 5.61. The van der Waals surface area contributed by atoms with Crippen LogP contribution in [0.4, 0.5) is 10.5 Å². The molecule has 6 nitrogen and oxygen atoms in total. The van der Waals surface area contributed by atoms with Crippen molar-refractivity contribution in [1.29, 1.82) is 0 Å². The molecule has 1 aromatic heterocycles. The zero-order chi connectivity index (χ0) is 22.9. The van der Waals surface area contributed by atoms with Crippen LogP contribution in [0.2, 0.25) is 0 Å². The summed E-state index contributed by atoms with van der Waals surface area (Å²) in [6, 6.07) is 15.3. The van der Waals surface area contributed by atoms with Crippen LogP contribution in [0.1, 0.15) is 56.1 Å². The number of piperidine rings is 1. The zero-order valence-electron chi connectivity index (χ0n) is 19.9. The van der Waals surface area contributed by atoms with E-state index in [1.165, 1.54) is 36.6 Å². The number of methoxy groups -OCH3 is 1. The third kappa shape index (κ3) is 4.01. The van der Waals surface area contributed by atoms with Crippen molar-refractivity contribution >= 4 is 22.8 Å². The lowest BCUT2D eigenvalue weighted by Crippen LogP contribution is -2.42. The number of benzene rings is 2. The molecule has 2 aliphatic heterocycles. The van der Waals surface area contributed by atoms with Crippen LogP contribution in [0.3, 0.4) is 0 Å². The summed E-state index contributed by atoms with van der Waals surface area (Å²) in [4.78, 5) is 19.6. The van der Waals surface area contributed by atoms with Gasteiger partial charge < -0.3 is 14.6 Å². The highest BCUT2D eigenvalue weighted by Crippen LogP contribution is 2.39. The molecule has 33 heavy (non-hydrogen) atoms. The second-order valence-corrected chi connectivity index (χ2v) is 9.55. The number of imidazole rings is 1. The third-order valence-corrected chi connectivity index (χ3v) is 7.58.